The normalized spacial score (nSPS) is 12.3. The molecule has 0 bridgehead atoms. The van der Waals surface area contributed by atoms with E-state index < -0.39 is 28.5 Å². The van der Waals surface area contributed by atoms with Gasteiger partial charge < -0.3 is 10.2 Å². The molecule has 0 spiro atoms. The quantitative estimate of drug-likeness (QED) is 0.547. The third kappa shape index (κ3) is 8.05. The molecule has 1 atom stereocenters. The fraction of sp³-hybridized carbons (Fsp3) is 0.417. The van der Waals surface area contributed by atoms with E-state index in [2.05, 4.69) is 5.32 Å². The molecule has 9 heteroatoms. The molecule has 0 aliphatic carbocycles. The second-order valence-electron chi connectivity index (χ2n) is 8.57. The second kappa shape index (κ2) is 11.5. The highest BCUT2D eigenvalue weighted by molar-refractivity contribution is 7.92. The molecule has 0 aliphatic rings. The van der Waals surface area contributed by atoms with Crippen molar-refractivity contribution in [2.75, 3.05) is 23.7 Å². The van der Waals surface area contributed by atoms with E-state index in [4.69, 9.17) is 11.6 Å². The number of amides is 2. The fourth-order valence-corrected chi connectivity index (χ4v) is 4.12. The van der Waals surface area contributed by atoms with Crippen LogP contribution < -0.4 is 9.62 Å². The third-order valence-corrected chi connectivity index (χ3v) is 6.51. The molecule has 0 saturated carbocycles. The Morgan fingerprint density at radius 3 is 2.09 bits per heavy atom. The number of nitrogens with one attached hydrogen (secondary N) is 1. The average Bonchev–Trinajstić information content (AvgIpc) is 2.74. The first kappa shape index (κ1) is 26.7. The summed E-state index contributed by atoms with van der Waals surface area (Å²) in [7, 11) is -3.74. The molecule has 2 amide bonds. The highest BCUT2D eigenvalue weighted by atomic mass is 35.5. The van der Waals surface area contributed by atoms with E-state index >= 15 is 0 Å². The Hall–Kier alpha value is -2.58. The van der Waals surface area contributed by atoms with Gasteiger partial charge in [-0.3, -0.25) is 13.9 Å². The van der Waals surface area contributed by atoms with Gasteiger partial charge in [0.05, 0.1) is 11.9 Å². The van der Waals surface area contributed by atoms with Crippen LogP contribution in [0.5, 0.6) is 0 Å². The summed E-state index contributed by atoms with van der Waals surface area (Å²) in [5.74, 6) is -0.528. The summed E-state index contributed by atoms with van der Waals surface area (Å²) in [6.45, 7) is 7.69. The highest BCUT2D eigenvalue weighted by Gasteiger charge is 2.30. The molecular weight excluding hydrogens is 462 g/mol. The van der Waals surface area contributed by atoms with Crippen LogP contribution in [-0.2, 0) is 26.2 Å². The van der Waals surface area contributed by atoms with Gasteiger partial charge in [-0.15, -0.1) is 0 Å². The molecular formula is C24H32ClN3O4S. The smallest absolute Gasteiger partial charge is 0.244 e. The molecule has 2 aromatic rings. The van der Waals surface area contributed by atoms with Crippen LogP contribution in [0.25, 0.3) is 0 Å². The summed E-state index contributed by atoms with van der Waals surface area (Å²) in [5.41, 5.74) is 2.13. The summed E-state index contributed by atoms with van der Waals surface area (Å²) >= 11 is 5.97. The number of hydrogen-bond acceptors (Lipinski definition) is 4. The maximum absolute atomic E-state index is 13.4. The van der Waals surface area contributed by atoms with Gasteiger partial charge in [-0.25, -0.2) is 8.42 Å². The fourth-order valence-electron chi connectivity index (χ4n) is 3.15. The summed E-state index contributed by atoms with van der Waals surface area (Å²) < 4.78 is 26.1. The number of benzene rings is 2. The minimum Gasteiger partial charge on any atom is -0.354 e. The lowest BCUT2D eigenvalue weighted by Gasteiger charge is -2.31. The van der Waals surface area contributed by atoms with Crippen molar-refractivity contribution in [3.8, 4) is 0 Å². The Morgan fingerprint density at radius 1 is 1.00 bits per heavy atom. The number of nitrogens with zero attached hydrogens (tertiary/aromatic N) is 2. The maximum Gasteiger partial charge on any atom is 0.244 e. The van der Waals surface area contributed by atoms with Crippen molar-refractivity contribution in [3.05, 3.63) is 64.7 Å². The number of aryl methyl sites for hydroxylation is 1. The Balaban J connectivity index is 2.34. The zero-order valence-electron chi connectivity index (χ0n) is 19.7. The largest absolute Gasteiger partial charge is 0.354 e. The Kier molecular flexibility index (Phi) is 9.31. The minimum absolute atomic E-state index is 0.137. The molecule has 0 aromatic heterocycles. The number of anilines is 1. The van der Waals surface area contributed by atoms with E-state index in [1.165, 1.54) is 4.90 Å². The second-order valence-corrected chi connectivity index (χ2v) is 10.9. The van der Waals surface area contributed by atoms with Crippen LogP contribution in [0.4, 0.5) is 5.69 Å². The van der Waals surface area contributed by atoms with E-state index in [9.17, 15) is 18.0 Å². The van der Waals surface area contributed by atoms with Gasteiger partial charge in [0.2, 0.25) is 21.8 Å². The molecule has 0 fully saturated rings. The van der Waals surface area contributed by atoms with Gasteiger partial charge in [-0.05, 0) is 49.6 Å². The van der Waals surface area contributed by atoms with Crippen molar-refractivity contribution in [1.82, 2.24) is 10.2 Å². The predicted molar refractivity (Wildman–Crippen MR) is 133 cm³/mol. The zero-order valence-corrected chi connectivity index (χ0v) is 21.3. The van der Waals surface area contributed by atoms with Gasteiger partial charge in [0, 0.05) is 18.1 Å². The predicted octanol–water partition coefficient (Wildman–Crippen LogP) is 3.60. The van der Waals surface area contributed by atoms with Crippen molar-refractivity contribution in [1.29, 1.82) is 0 Å². The van der Waals surface area contributed by atoms with Crippen LogP contribution in [0.3, 0.4) is 0 Å². The van der Waals surface area contributed by atoms with E-state index in [1.54, 1.807) is 55.5 Å². The van der Waals surface area contributed by atoms with Crippen molar-refractivity contribution in [2.45, 2.75) is 40.3 Å². The van der Waals surface area contributed by atoms with E-state index in [1.807, 2.05) is 20.8 Å². The van der Waals surface area contributed by atoms with Crippen LogP contribution in [0.2, 0.25) is 5.02 Å². The lowest BCUT2D eigenvalue weighted by molar-refractivity contribution is -0.139. The summed E-state index contributed by atoms with van der Waals surface area (Å²) in [6, 6.07) is 13.0. The van der Waals surface area contributed by atoms with Crippen molar-refractivity contribution in [3.63, 3.8) is 0 Å². The molecule has 1 N–H and O–H groups in total. The molecule has 0 unspecified atom stereocenters. The van der Waals surface area contributed by atoms with Gasteiger partial charge in [-0.2, -0.15) is 0 Å². The molecule has 0 radical (unpaired) electrons. The Morgan fingerprint density at radius 2 is 1.58 bits per heavy atom. The van der Waals surface area contributed by atoms with Gasteiger partial charge >= 0.3 is 0 Å². The highest BCUT2D eigenvalue weighted by Crippen LogP contribution is 2.20. The maximum atomic E-state index is 13.4. The first-order chi connectivity index (χ1) is 15.4. The number of sulfonamides is 1. The van der Waals surface area contributed by atoms with Crippen molar-refractivity contribution in [2.24, 2.45) is 5.92 Å². The molecule has 7 nitrogen and oxygen atoms in total. The number of hydrogen-bond donors (Lipinski definition) is 1. The van der Waals surface area contributed by atoms with E-state index in [-0.39, 0.29) is 18.4 Å². The third-order valence-electron chi connectivity index (χ3n) is 5.12. The van der Waals surface area contributed by atoms with Crippen LogP contribution in [-0.4, -0.2) is 50.5 Å². The first-order valence-electron chi connectivity index (χ1n) is 10.7. The van der Waals surface area contributed by atoms with Crippen LogP contribution in [0.15, 0.2) is 48.5 Å². The van der Waals surface area contributed by atoms with Gasteiger partial charge in [-0.1, -0.05) is 55.3 Å². The Labute approximate surface area is 201 Å². The molecule has 0 saturated heterocycles. The average molecular weight is 494 g/mol. The molecule has 180 valence electrons. The monoisotopic (exact) mass is 493 g/mol. The van der Waals surface area contributed by atoms with Gasteiger partial charge in [0.25, 0.3) is 0 Å². The summed E-state index contributed by atoms with van der Waals surface area (Å²) in [4.78, 5) is 27.6. The molecule has 33 heavy (non-hydrogen) atoms. The lowest BCUT2D eigenvalue weighted by Crippen LogP contribution is -2.51. The molecule has 0 heterocycles. The van der Waals surface area contributed by atoms with Gasteiger partial charge in [0.1, 0.15) is 12.6 Å². The number of carbonyl (C=O) groups is 2. The lowest BCUT2D eigenvalue weighted by atomic mass is 10.1. The molecule has 2 aromatic carbocycles. The summed E-state index contributed by atoms with van der Waals surface area (Å²) in [6.07, 6.45) is 1.06. The first-order valence-corrected chi connectivity index (χ1v) is 13.0. The molecule has 0 aliphatic heterocycles. The minimum atomic E-state index is -3.74. The van der Waals surface area contributed by atoms with Crippen LogP contribution in [0.1, 0.15) is 31.9 Å². The van der Waals surface area contributed by atoms with Crippen LogP contribution in [0, 0.1) is 12.8 Å². The van der Waals surface area contributed by atoms with E-state index in [0.29, 0.717) is 17.3 Å². The zero-order chi connectivity index (χ0) is 24.8. The topological polar surface area (TPSA) is 86.8 Å². The Bertz CT molecular complexity index is 1050. The molecule has 2 rings (SSSR count). The number of rotatable bonds is 10. The summed E-state index contributed by atoms with van der Waals surface area (Å²) in [5, 5.41) is 3.41. The number of halogens is 1. The van der Waals surface area contributed by atoms with Crippen molar-refractivity contribution < 1.29 is 18.0 Å². The standard InChI is InChI=1S/C24H32ClN3O4S/c1-17(2)14-26-24(30)19(4)27(15-20-8-10-21(25)11-9-20)23(29)16-28(33(5,31)32)22-12-6-18(3)7-13-22/h6-13,17,19H,14-16H2,1-5H3,(H,26,30)/t19-/m1/s1. The van der Waals surface area contributed by atoms with E-state index in [0.717, 1.165) is 21.7 Å². The van der Waals surface area contributed by atoms with Crippen LogP contribution >= 0.6 is 11.6 Å². The van der Waals surface area contributed by atoms with Gasteiger partial charge in [0.15, 0.2) is 0 Å². The SMILES string of the molecule is Cc1ccc(N(CC(=O)N(Cc2ccc(Cl)cc2)[C@H](C)C(=O)NCC(C)C)S(C)(=O)=O)cc1. The number of carbonyl (C=O) groups excluding carboxylic acids is 2. The van der Waals surface area contributed by atoms with Crippen molar-refractivity contribution >= 4 is 39.1 Å².